The third kappa shape index (κ3) is 5.93. The summed E-state index contributed by atoms with van der Waals surface area (Å²) in [5, 5.41) is 11.6. The SMILES string of the molecule is CCOc1ncc(C(=O)NCCc2ccc(OCC(=O)O)cc2)cc1Cl. The van der Waals surface area contributed by atoms with Crippen LogP contribution < -0.4 is 14.8 Å². The fourth-order valence-corrected chi connectivity index (χ4v) is 2.33. The van der Waals surface area contributed by atoms with Crippen LogP contribution in [-0.2, 0) is 11.2 Å². The second-order valence-electron chi connectivity index (χ2n) is 5.28. The molecule has 2 N–H and O–H groups in total. The fourth-order valence-electron chi connectivity index (χ4n) is 2.11. The number of carbonyl (C=O) groups is 2. The van der Waals surface area contributed by atoms with Crippen LogP contribution in [0, 0.1) is 0 Å². The molecule has 0 spiro atoms. The molecule has 0 aliphatic carbocycles. The van der Waals surface area contributed by atoms with E-state index < -0.39 is 5.97 Å². The molecular formula is C18H19ClN2O5. The van der Waals surface area contributed by atoms with Crippen molar-refractivity contribution in [1.29, 1.82) is 0 Å². The van der Waals surface area contributed by atoms with Crippen LogP contribution in [0.1, 0.15) is 22.8 Å². The molecule has 0 saturated carbocycles. The Bertz CT molecular complexity index is 765. The van der Waals surface area contributed by atoms with E-state index in [1.54, 1.807) is 12.1 Å². The van der Waals surface area contributed by atoms with E-state index in [1.165, 1.54) is 12.3 Å². The van der Waals surface area contributed by atoms with Crippen molar-refractivity contribution in [3.8, 4) is 11.6 Å². The molecular weight excluding hydrogens is 360 g/mol. The number of nitrogens with one attached hydrogen (secondary N) is 1. The normalized spacial score (nSPS) is 10.2. The third-order valence-corrected chi connectivity index (χ3v) is 3.61. The molecule has 26 heavy (non-hydrogen) atoms. The van der Waals surface area contributed by atoms with Gasteiger partial charge in [-0.3, -0.25) is 4.79 Å². The fraction of sp³-hybridized carbons (Fsp3) is 0.278. The molecule has 0 saturated heterocycles. The zero-order chi connectivity index (χ0) is 18.9. The number of carbonyl (C=O) groups excluding carboxylic acids is 1. The molecule has 1 heterocycles. The number of nitrogens with zero attached hydrogens (tertiary/aromatic N) is 1. The second-order valence-corrected chi connectivity index (χ2v) is 5.68. The van der Waals surface area contributed by atoms with E-state index >= 15 is 0 Å². The highest BCUT2D eigenvalue weighted by Gasteiger charge is 2.10. The van der Waals surface area contributed by atoms with Crippen molar-refractivity contribution >= 4 is 23.5 Å². The highest BCUT2D eigenvalue weighted by atomic mass is 35.5. The number of halogens is 1. The van der Waals surface area contributed by atoms with Gasteiger partial charge in [0.25, 0.3) is 5.91 Å². The number of carboxylic acid groups (broad SMARTS) is 1. The number of pyridine rings is 1. The predicted molar refractivity (Wildman–Crippen MR) is 96.0 cm³/mol. The van der Waals surface area contributed by atoms with Gasteiger partial charge in [-0.1, -0.05) is 23.7 Å². The largest absolute Gasteiger partial charge is 0.482 e. The third-order valence-electron chi connectivity index (χ3n) is 3.34. The topological polar surface area (TPSA) is 97.8 Å². The van der Waals surface area contributed by atoms with E-state index in [4.69, 9.17) is 26.2 Å². The minimum Gasteiger partial charge on any atom is -0.482 e. The van der Waals surface area contributed by atoms with Crippen LogP contribution in [0.15, 0.2) is 36.5 Å². The van der Waals surface area contributed by atoms with Crippen molar-refractivity contribution in [3.63, 3.8) is 0 Å². The number of ether oxygens (including phenoxy) is 2. The maximum absolute atomic E-state index is 12.1. The van der Waals surface area contributed by atoms with E-state index in [2.05, 4.69) is 10.3 Å². The van der Waals surface area contributed by atoms with Crippen molar-refractivity contribution in [3.05, 3.63) is 52.7 Å². The summed E-state index contributed by atoms with van der Waals surface area (Å²) in [5.74, 6) is -0.518. The van der Waals surface area contributed by atoms with Gasteiger partial charge < -0.3 is 19.9 Å². The Kier molecular flexibility index (Phi) is 7.23. The standard InChI is InChI=1S/C18H19ClN2O5/c1-2-25-18-15(19)9-13(10-21-18)17(24)20-8-7-12-3-5-14(6-4-12)26-11-16(22)23/h3-6,9-10H,2,7-8,11H2,1H3,(H,20,24)(H,22,23). The lowest BCUT2D eigenvalue weighted by Gasteiger charge is -2.08. The number of hydrogen-bond acceptors (Lipinski definition) is 5. The minimum atomic E-state index is -1.03. The summed E-state index contributed by atoms with van der Waals surface area (Å²) < 4.78 is 10.3. The Balaban J connectivity index is 1.82. The number of aliphatic carboxylic acids is 1. The summed E-state index contributed by atoms with van der Waals surface area (Å²) in [6.45, 7) is 2.31. The number of hydrogen-bond donors (Lipinski definition) is 2. The van der Waals surface area contributed by atoms with Crippen LogP contribution in [0.5, 0.6) is 11.6 Å². The minimum absolute atomic E-state index is 0.274. The lowest BCUT2D eigenvalue weighted by Crippen LogP contribution is -2.25. The first-order valence-electron chi connectivity index (χ1n) is 7.99. The molecule has 8 heteroatoms. The van der Waals surface area contributed by atoms with Gasteiger partial charge in [0.1, 0.15) is 10.8 Å². The van der Waals surface area contributed by atoms with Crippen molar-refractivity contribution < 1.29 is 24.2 Å². The Hall–Kier alpha value is -2.80. The molecule has 2 rings (SSSR count). The lowest BCUT2D eigenvalue weighted by atomic mass is 10.1. The van der Waals surface area contributed by atoms with E-state index in [9.17, 15) is 9.59 Å². The first-order valence-corrected chi connectivity index (χ1v) is 8.37. The molecule has 1 amide bonds. The Labute approximate surface area is 155 Å². The molecule has 0 bridgehead atoms. The molecule has 138 valence electrons. The molecule has 1 aromatic heterocycles. The molecule has 1 aromatic carbocycles. The zero-order valence-corrected chi connectivity index (χ0v) is 15.0. The molecule has 0 atom stereocenters. The van der Waals surface area contributed by atoms with Gasteiger partial charge in [-0.15, -0.1) is 0 Å². The molecule has 0 radical (unpaired) electrons. The maximum Gasteiger partial charge on any atom is 0.341 e. The number of rotatable bonds is 9. The molecule has 0 unspecified atom stereocenters. The van der Waals surface area contributed by atoms with Crippen molar-refractivity contribution in [1.82, 2.24) is 10.3 Å². The Morgan fingerprint density at radius 3 is 2.58 bits per heavy atom. The van der Waals surface area contributed by atoms with Crippen molar-refractivity contribution in [2.45, 2.75) is 13.3 Å². The van der Waals surface area contributed by atoms with Crippen molar-refractivity contribution in [2.75, 3.05) is 19.8 Å². The smallest absolute Gasteiger partial charge is 0.341 e. The number of benzene rings is 1. The first-order chi connectivity index (χ1) is 12.5. The predicted octanol–water partition coefficient (Wildman–Crippen LogP) is 2.57. The van der Waals surface area contributed by atoms with E-state index in [1.807, 2.05) is 19.1 Å². The highest BCUT2D eigenvalue weighted by Crippen LogP contribution is 2.22. The van der Waals surface area contributed by atoms with E-state index in [0.717, 1.165) is 5.56 Å². The van der Waals surface area contributed by atoms with Gasteiger partial charge in [-0.2, -0.15) is 0 Å². The van der Waals surface area contributed by atoms with Crippen LogP contribution in [0.25, 0.3) is 0 Å². The number of carboxylic acids is 1. The molecule has 0 aliphatic rings. The quantitative estimate of drug-likeness (QED) is 0.696. The first kappa shape index (κ1) is 19.5. The van der Waals surface area contributed by atoms with Crippen LogP contribution in [0.2, 0.25) is 5.02 Å². The van der Waals surface area contributed by atoms with E-state index in [0.29, 0.717) is 36.8 Å². The van der Waals surface area contributed by atoms with Crippen LogP contribution in [-0.4, -0.2) is 41.7 Å². The number of aromatic nitrogens is 1. The summed E-state index contributed by atoms with van der Waals surface area (Å²) in [6, 6.07) is 8.53. The van der Waals surface area contributed by atoms with Crippen LogP contribution >= 0.6 is 11.6 Å². The number of amides is 1. The molecule has 7 nitrogen and oxygen atoms in total. The van der Waals surface area contributed by atoms with E-state index in [-0.39, 0.29) is 17.5 Å². The van der Waals surface area contributed by atoms with Crippen LogP contribution in [0.3, 0.4) is 0 Å². The van der Waals surface area contributed by atoms with Gasteiger partial charge in [0.05, 0.1) is 12.2 Å². The van der Waals surface area contributed by atoms with Crippen molar-refractivity contribution in [2.24, 2.45) is 0 Å². The zero-order valence-electron chi connectivity index (χ0n) is 14.2. The van der Waals surface area contributed by atoms with Gasteiger partial charge in [-0.25, -0.2) is 9.78 Å². The average Bonchev–Trinajstić information content (AvgIpc) is 2.62. The Morgan fingerprint density at radius 2 is 1.96 bits per heavy atom. The van der Waals surface area contributed by atoms with Gasteiger partial charge in [0, 0.05) is 12.7 Å². The summed E-state index contributed by atoms with van der Waals surface area (Å²) >= 11 is 6.03. The van der Waals surface area contributed by atoms with Crippen LogP contribution in [0.4, 0.5) is 0 Å². The summed E-state index contributed by atoms with van der Waals surface area (Å²) in [6.07, 6.45) is 2.03. The highest BCUT2D eigenvalue weighted by molar-refractivity contribution is 6.32. The molecule has 0 aliphatic heterocycles. The van der Waals surface area contributed by atoms with Gasteiger partial charge >= 0.3 is 5.97 Å². The monoisotopic (exact) mass is 378 g/mol. The van der Waals surface area contributed by atoms with Gasteiger partial charge in [-0.05, 0) is 37.1 Å². The second kappa shape index (κ2) is 9.62. The Morgan fingerprint density at radius 1 is 1.23 bits per heavy atom. The molecule has 0 fully saturated rings. The molecule has 2 aromatic rings. The summed E-state index contributed by atoms with van der Waals surface area (Å²) in [7, 11) is 0. The van der Waals surface area contributed by atoms with Gasteiger partial charge in [0.15, 0.2) is 6.61 Å². The maximum atomic E-state index is 12.1. The summed E-state index contributed by atoms with van der Waals surface area (Å²) in [4.78, 5) is 26.6. The lowest BCUT2D eigenvalue weighted by molar-refractivity contribution is -0.139. The average molecular weight is 379 g/mol. The van der Waals surface area contributed by atoms with Gasteiger partial charge in [0.2, 0.25) is 5.88 Å². The summed E-state index contributed by atoms with van der Waals surface area (Å²) in [5.41, 5.74) is 1.34.